The van der Waals surface area contributed by atoms with Crippen molar-refractivity contribution in [2.45, 2.75) is 46.6 Å². The van der Waals surface area contributed by atoms with E-state index in [0.29, 0.717) is 24.2 Å². The number of nitrogens with one attached hydrogen (secondary N) is 1. The molecule has 2 aromatic carbocycles. The highest BCUT2D eigenvalue weighted by Crippen LogP contribution is 2.38. The quantitative estimate of drug-likeness (QED) is 0.267. The molecule has 164 valence electrons. The first-order chi connectivity index (χ1) is 14.9. The molecule has 0 aliphatic heterocycles. The normalized spacial score (nSPS) is 11.8. The molecule has 0 saturated heterocycles. The van der Waals surface area contributed by atoms with Crippen molar-refractivity contribution in [1.82, 2.24) is 0 Å². The standard InChI is InChI=1S/C27H33NO3/c1-6-8-10-21-18-22(14-17-25(29)20-12-15-23(28-5)16-13-20)27(31-19(3)4)24(26(21)30)11-9-7-2/h6-9,12-19,28,30H,10-11H2,1-5H3/b8-6+,9-7+,17-14+. The third kappa shape index (κ3) is 6.61. The maximum absolute atomic E-state index is 12.7. The van der Waals surface area contributed by atoms with Gasteiger partial charge in [-0.15, -0.1) is 0 Å². The van der Waals surface area contributed by atoms with E-state index in [2.05, 4.69) is 5.32 Å². The second-order valence-electron chi connectivity index (χ2n) is 7.52. The maximum Gasteiger partial charge on any atom is 0.185 e. The summed E-state index contributed by atoms with van der Waals surface area (Å²) in [6.45, 7) is 7.80. The predicted molar refractivity (Wildman–Crippen MR) is 130 cm³/mol. The first-order valence-electron chi connectivity index (χ1n) is 10.7. The van der Waals surface area contributed by atoms with E-state index in [9.17, 15) is 9.90 Å². The van der Waals surface area contributed by atoms with Crippen LogP contribution in [0.1, 0.15) is 54.7 Å². The molecule has 0 radical (unpaired) electrons. The SMILES string of the molecule is C/C=C/Cc1cc(/C=C/C(=O)c2ccc(NC)cc2)c(OC(C)C)c(C/C=C/C)c1O. The highest BCUT2D eigenvalue weighted by atomic mass is 16.5. The van der Waals surface area contributed by atoms with Gasteiger partial charge in [-0.05, 0) is 88.6 Å². The van der Waals surface area contributed by atoms with Crippen molar-refractivity contribution in [3.05, 3.63) is 83.0 Å². The van der Waals surface area contributed by atoms with Crippen LogP contribution in [0.4, 0.5) is 5.69 Å². The molecule has 0 bridgehead atoms. The smallest absolute Gasteiger partial charge is 0.185 e. The summed E-state index contributed by atoms with van der Waals surface area (Å²) in [6, 6.07) is 9.25. The number of benzene rings is 2. The van der Waals surface area contributed by atoms with Crippen molar-refractivity contribution < 1.29 is 14.6 Å². The molecular formula is C27H33NO3. The zero-order chi connectivity index (χ0) is 22.8. The number of ketones is 1. The van der Waals surface area contributed by atoms with Crippen LogP contribution in [0.3, 0.4) is 0 Å². The number of hydrogen-bond donors (Lipinski definition) is 2. The molecule has 0 fully saturated rings. The van der Waals surface area contributed by atoms with Crippen molar-refractivity contribution >= 4 is 17.5 Å². The lowest BCUT2D eigenvalue weighted by atomic mass is 9.96. The third-order valence-corrected chi connectivity index (χ3v) is 4.81. The molecule has 2 aromatic rings. The van der Waals surface area contributed by atoms with Crippen molar-refractivity contribution in [2.75, 3.05) is 12.4 Å². The molecule has 0 heterocycles. The number of carbonyl (C=O) groups excluding carboxylic acids is 1. The minimum Gasteiger partial charge on any atom is -0.507 e. The maximum atomic E-state index is 12.7. The van der Waals surface area contributed by atoms with E-state index in [-0.39, 0.29) is 17.6 Å². The van der Waals surface area contributed by atoms with E-state index >= 15 is 0 Å². The van der Waals surface area contributed by atoms with Gasteiger partial charge in [0.1, 0.15) is 11.5 Å². The Morgan fingerprint density at radius 3 is 2.32 bits per heavy atom. The average Bonchev–Trinajstić information content (AvgIpc) is 2.77. The van der Waals surface area contributed by atoms with Gasteiger partial charge in [-0.3, -0.25) is 4.79 Å². The third-order valence-electron chi connectivity index (χ3n) is 4.81. The highest BCUT2D eigenvalue weighted by Gasteiger charge is 2.18. The predicted octanol–water partition coefficient (Wildman–Crippen LogP) is 6.35. The van der Waals surface area contributed by atoms with Gasteiger partial charge in [0.2, 0.25) is 0 Å². The van der Waals surface area contributed by atoms with Gasteiger partial charge in [-0.2, -0.15) is 0 Å². The minimum atomic E-state index is -0.0868. The number of anilines is 1. The van der Waals surface area contributed by atoms with Crippen molar-refractivity contribution in [1.29, 1.82) is 0 Å². The van der Waals surface area contributed by atoms with Gasteiger partial charge >= 0.3 is 0 Å². The molecule has 4 nitrogen and oxygen atoms in total. The van der Waals surface area contributed by atoms with Gasteiger partial charge in [-0.25, -0.2) is 0 Å². The van der Waals surface area contributed by atoms with Crippen molar-refractivity contribution in [3.63, 3.8) is 0 Å². The van der Waals surface area contributed by atoms with Gasteiger partial charge in [0, 0.05) is 29.4 Å². The van der Waals surface area contributed by atoms with E-state index in [1.807, 2.05) is 77.2 Å². The molecule has 0 amide bonds. The number of phenolic OH excluding ortho intramolecular Hbond substituents is 1. The zero-order valence-electron chi connectivity index (χ0n) is 19.1. The van der Waals surface area contributed by atoms with Crippen molar-refractivity contribution in [3.8, 4) is 11.5 Å². The molecule has 4 heteroatoms. The molecule has 0 aliphatic rings. The Kier molecular flexibility index (Phi) is 9.13. The molecule has 2 N–H and O–H groups in total. The summed E-state index contributed by atoms with van der Waals surface area (Å²) >= 11 is 0. The summed E-state index contributed by atoms with van der Waals surface area (Å²) in [4.78, 5) is 12.7. The van der Waals surface area contributed by atoms with E-state index in [4.69, 9.17) is 4.74 Å². The van der Waals surface area contributed by atoms with Crippen LogP contribution in [0.25, 0.3) is 6.08 Å². The lowest BCUT2D eigenvalue weighted by Gasteiger charge is -2.20. The molecule has 0 spiro atoms. The number of rotatable bonds is 10. The fraction of sp³-hybridized carbons (Fsp3) is 0.296. The Labute approximate surface area is 186 Å². The average molecular weight is 420 g/mol. The lowest BCUT2D eigenvalue weighted by molar-refractivity contribution is 0.104. The van der Waals surface area contributed by atoms with E-state index < -0.39 is 0 Å². The summed E-state index contributed by atoms with van der Waals surface area (Å²) < 4.78 is 6.10. The number of carbonyl (C=O) groups is 1. The summed E-state index contributed by atoms with van der Waals surface area (Å²) in [5.41, 5.74) is 3.89. The minimum absolute atomic E-state index is 0.0675. The fourth-order valence-corrected chi connectivity index (χ4v) is 3.18. The van der Waals surface area contributed by atoms with Crippen molar-refractivity contribution in [2.24, 2.45) is 0 Å². The monoisotopic (exact) mass is 419 g/mol. The van der Waals surface area contributed by atoms with Crippen LogP contribution < -0.4 is 10.1 Å². The Bertz CT molecular complexity index is 967. The van der Waals surface area contributed by atoms with Crippen LogP contribution in [0.15, 0.2) is 60.7 Å². The summed E-state index contributed by atoms with van der Waals surface area (Å²) in [5.74, 6) is 0.777. The number of aromatic hydroxyl groups is 1. The largest absolute Gasteiger partial charge is 0.507 e. The number of hydrogen-bond acceptors (Lipinski definition) is 4. The van der Waals surface area contributed by atoms with Gasteiger partial charge in [-0.1, -0.05) is 24.3 Å². The van der Waals surface area contributed by atoms with Crippen LogP contribution in [-0.2, 0) is 12.8 Å². The van der Waals surface area contributed by atoms with Crippen LogP contribution >= 0.6 is 0 Å². The first kappa shape index (κ1) is 24.0. The lowest BCUT2D eigenvalue weighted by Crippen LogP contribution is -2.10. The van der Waals surface area contributed by atoms with Crippen LogP contribution in [-0.4, -0.2) is 24.0 Å². The number of allylic oxidation sites excluding steroid dienone is 5. The first-order valence-corrected chi connectivity index (χ1v) is 10.7. The summed E-state index contributed by atoms with van der Waals surface area (Å²) in [5, 5.41) is 14.0. The molecule has 0 aromatic heterocycles. The van der Waals surface area contributed by atoms with Crippen LogP contribution in [0.2, 0.25) is 0 Å². The topological polar surface area (TPSA) is 58.6 Å². The van der Waals surface area contributed by atoms with E-state index in [1.54, 1.807) is 24.3 Å². The summed E-state index contributed by atoms with van der Waals surface area (Å²) in [7, 11) is 1.84. The van der Waals surface area contributed by atoms with E-state index in [0.717, 1.165) is 22.4 Å². The fourth-order valence-electron chi connectivity index (χ4n) is 3.18. The molecule has 2 rings (SSSR count). The Balaban J connectivity index is 2.52. The molecule has 0 unspecified atom stereocenters. The number of phenols is 1. The second-order valence-corrected chi connectivity index (χ2v) is 7.52. The zero-order valence-corrected chi connectivity index (χ0v) is 19.1. The molecule has 0 aliphatic carbocycles. The summed E-state index contributed by atoms with van der Waals surface area (Å²) in [6.07, 6.45) is 12.3. The Morgan fingerprint density at radius 2 is 1.74 bits per heavy atom. The van der Waals surface area contributed by atoms with Gasteiger partial charge < -0.3 is 15.2 Å². The molecule has 0 atom stereocenters. The van der Waals surface area contributed by atoms with E-state index in [1.165, 1.54) is 0 Å². The van der Waals surface area contributed by atoms with Crippen LogP contribution in [0.5, 0.6) is 11.5 Å². The molecule has 31 heavy (non-hydrogen) atoms. The second kappa shape index (κ2) is 11.8. The molecule has 0 saturated carbocycles. The Morgan fingerprint density at radius 1 is 1.10 bits per heavy atom. The van der Waals surface area contributed by atoms with Gasteiger partial charge in [0.25, 0.3) is 0 Å². The van der Waals surface area contributed by atoms with Gasteiger partial charge in [0.15, 0.2) is 5.78 Å². The highest BCUT2D eigenvalue weighted by molar-refractivity contribution is 6.07. The Hall–Kier alpha value is -3.27. The van der Waals surface area contributed by atoms with Crippen LogP contribution in [0, 0.1) is 0 Å². The molecular weight excluding hydrogens is 386 g/mol. The van der Waals surface area contributed by atoms with Gasteiger partial charge in [0.05, 0.1) is 6.10 Å². The number of ether oxygens (including phenoxy) is 1.